The maximum atomic E-state index is 11.7. The summed E-state index contributed by atoms with van der Waals surface area (Å²) in [7, 11) is 1.44. The summed E-state index contributed by atoms with van der Waals surface area (Å²) in [4.78, 5) is 23.1. The van der Waals surface area contributed by atoms with E-state index in [1.165, 1.54) is 7.11 Å². The van der Waals surface area contributed by atoms with Gasteiger partial charge in [-0.25, -0.2) is 4.98 Å². The van der Waals surface area contributed by atoms with Crippen molar-refractivity contribution in [1.82, 2.24) is 15.0 Å². The van der Waals surface area contributed by atoms with Crippen LogP contribution < -0.4 is 5.32 Å². The number of methoxy groups -OCH3 is 1. The summed E-state index contributed by atoms with van der Waals surface area (Å²) in [6.07, 6.45) is 5.43. The Balaban J connectivity index is 1.78. The fraction of sp³-hybridized carbons (Fsp3) is 0.500. The number of aromatic amines is 1. The second kappa shape index (κ2) is 5.89. The van der Waals surface area contributed by atoms with Gasteiger partial charge >= 0.3 is 5.97 Å². The monoisotopic (exact) mass is 308 g/mol. The van der Waals surface area contributed by atoms with E-state index in [2.05, 4.69) is 20.3 Å². The normalized spacial score (nSPS) is 22.2. The average molecular weight is 309 g/mol. The number of anilines is 1. The minimum Gasteiger partial charge on any atom is -0.469 e. The van der Waals surface area contributed by atoms with Gasteiger partial charge in [-0.15, -0.1) is 0 Å². The molecule has 0 radical (unpaired) electrons. The molecule has 1 fully saturated rings. The van der Waals surface area contributed by atoms with Gasteiger partial charge in [0.1, 0.15) is 11.5 Å². The van der Waals surface area contributed by atoms with Crippen molar-refractivity contribution in [2.45, 2.75) is 31.7 Å². The number of halogens is 1. The number of aromatic nitrogens is 3. The molecule has 0 bridgehead atoms. The van der Waals surface area contributed by atoms with Crippen LogP contribution in [-0.4, -0.2) is 34.1 Å². The molecule has 0 aliphatic heterocycles. The fourth-order valence-electron chi connectivity index (χ4n) is 2.92. The van der Waals surface area contributed by atoms with Crippen molar-refractivity contribution in [3.05, 3.63) is 17.5 Å². The van der Waals surface area contributed by atoms with Gasteiger partial charge in [0.05, 0.1) is 18.4 Å². The van der Waals surface area contributed by atoms with E-state index in [1.54, 1.807) is 6.20 Å². The van der Waals surface area contributed by atoms with Gasteiger partial charge in [-0.3, -0.25) is 4.79 Å². The summed E-state index contributed by atoms with van der Waals surface area (Å²) >= 11 is 5.94. The van der Waals surface area contributed by atoms with E-state index in [9.17, 15) is 4.79 Å². The maximum Gasteiger partial charge on any atom is 0.308 e. The van der Waals surface area contributed by atoms with Crippen LogP contribution in [0.5, 0.6) is 0 Å². The topological polar surface area (TPSA) is 79.9 Å². The number of ether oxygens (including phenoxy) is 1. The number of esters is 1. The number of hydrogen-bond acceptors (Lipinski definition) is 5. The van der Waals surface area contributed by atoms with Crippen LogP contribution in [0.1, 0.15) is 25.7 Å². The highest BCUT2D eigenvalue weighted by atomic mass is 35.5. The molecule has 0 aromatic carbocycles. The molecule has 6 nitrogen and oxygen atoms in total. The molecular weight excluding hydrogens is 292 g/mol. The van der Waals surface area contributed by atoms with Crippen molar-refractivity contribution >= 4 is 34.4 Å². The van der Waals surface area contributed by atoms with Crippen molar-refractivity contribution < 1.29 is 9.53 Å². The lowest BCUT2D eigenvalue weighted by Gasteiger charge is -2.28. The molecule has 0 saturated heterocycles. The summed E-state index contributed by atoms with van der Waals surface area (Å²) in [5.74, 6) is 0.538. The first-order valence-electron chi connectivity index (χ1n) is 7.02. The molecule has 2 heterocycles. The van der Waals surface area contributed by atoms with Crippen LogP contribution in [0.2, 0.25) is 5.28 Å². The van der Waals surface area contributed by atoms with E-state index in [0.717, 1.165) is 31.1 Å². The summed E-state index contributed by atoms with van der Waals surface area (Å²) < 4.78 is 4.85. The average Bonchev–Trinajstić information content (AvgIpc) is 2.95. The van der Waals surface area contributed by atoms with Crippen LogP contribution in [0.4, 0.5) is 5.82 Å². The Morgan fingerprint density at radius 2 is 2.33 bits per heavy atom. The molecule has 0 spiro atoms. The minimum absolute atomic E-state index is 0.0414. The highest BCUT2D eigenvalue weighted by Gasteiger charge is 2.28. The molecule has 2 aromatic rings. The van der Waals surface area contributed by atoms with Gasteiger partial charge < -0.3 is 15.0 Å². The molecule has 2 unspecified atom stereocenters. The summed E-state index contributed by atoms with van der Waals surface area (Å²) in [6, 6.07) is 2.10. The molecule has 21 heavy (non-hydrogen) atoms. The predicted molar refractivity (Wildman–Crippen MR) is 80.3 cm³/mol. The standard InChI is InChI=1S/C14H17ClN4O2/c1-21-13(20)8-3-2-4-9(7-8)17-12-10-5-6-16-11(10)18-14(15)19-12/h5-6,8-9H,2-4,7H2,1H3,(H2,16,17,18,19). The Kier molecular flexibility index (Phi) is 3.96. The third-order valence-electron chi connectivity index (χ3n) is 3.94. The van der Waals surface area contributed by atoms with Gasteiger partial charge in [0.15, 0.2) is 0 Å². The van der Waals surface area contributed by atoms with E-state index in [1.807, 2.05) is 6.07 Å². The lowest BCUT2D eigenvalue weighted by atomic mass is 9.85. The molecular formula is C14H17ClN4O2. The Morgan fingerprint density at radius 1 is 1.48 bits per heavy atom. The van der Waals surface area contributed by atoms with E-state index in [-0.39, 0.29) is 23.2 Å². The van der Waals surface area contributed by atoms with Crippen molar-refractivity contribution in [1.29, 1.82) is 0 Å². The second-order valence-corrected chi connectivity index (χ2v) is 5.65. The predicted octanol–water partition coefficient (Wildman–Crippen LogP) is 2.75. The van der Waals surface area contributed by atoms with Gasteiger partial charge in [-0.05, 0) is 36.9 Å². The lowest BCUT2D eigenvalue weighted by molar-refractivity contribution is -0.146. The Bertz CT molecular complexity index is 657. The SMILES string of the molecule is COC(=O)C1CCCC(Nc2nc(Cl)nc3[nH]ccc23)C1. The van der Waals surface area contributed by atoms with Crippen LogP contribution in [0.25, 0.3) is 11.0 Å². The minimum atomic E-state index is -0.131. The number of fused-ring (bicyclic) bond motifs is 1. The molecule has 112 valence electrons. The molecule has 3 rings (SSSR count). The van der Waals surface area contributed by atoms with E-state index < -0.39 is 0 Å². The summed E-state index contributed by atoms with van der Waals surface area (Å²) in [6.45, 7) is 0. The van der Waals surface area contributed by atoms with Crippen molar-refractivity contribution in [2.24, 2.45) is 5.92 Å². The zero-order valence-corrected chi connectivity index (χ0v) is 12.5. The zero-order chi connectivity index (χ0) is 14.8. The van der Waals surface area contributed by atoms with Crippen LogP contribution in [0.3, 0.4) is 0 Å². The molecule has 0 amide bonds. The van der Waals surface area contributed by atoms with Gasteiger partial charge in [0, 0.05) is 12.2 Å². The third-order valence-corrected chi connectivity index (χ3v) is 4.11. The Labute approximate surface area is 127 Å². The number of nitrogens with zero attached hydrogens (tertiary/aromatic N) is 2. The first-order valence-corrected chi connectivity index (χ1v) is 7.40. The van der Waals surface area contributed by atoms with E-state index in [4.69, 9.17) is 16.3 Å². The highest BCUT2D eigenvalue weighted by Crippen LogP contribution is 2.29. The zero-order valence-electron chi connectivity index (χ0n) is 11.7. The number of carbonyl (C=O) groups is 1. The lowest BCUT2D eigenvalue weighted by Crippen LogP contribution is -2.32. The second-order valence-electron chi connectivity index (χ2n) is 5.31. The quantitative estimate of drug-likeness (QED) is 0.673. The number of nitrogens with one attached hydrogen (secondary N) is 2. The van der Waals surface area contributed by atoms with Crippen molar-refractivity contribution in [3.8, 4) is 0 Å². The molecule has 1 aliphatic carbocycles. The highest BCUT2D eigenvalue weighted by molar-refractivity contribution is 6.28. The number of rotatable bonds is 3. The molecule has 2 N–H and O–H groups in total. The molecule has 2 aromatic heterocycles. The number of H-pyrrole nitrogens is 1. The van der Waals surface area contributed by atoms with Gasteiger partial charge in [-0.2, -0.15) is 4.98 Å². The van der Waals surface area contributed by atoms with E-state index in [0.29, 0.717) is 11.5 Å². The molecule has 1 saturated carbocycles. The number of carbonyl (C=O) groups excluding carboxylic acids is 1. The summed E-state index contributed by atoms with van der Waals surface area (Å²) in [5.41, 5.74) is 0.706. The Morgan fingerprint density at radius 3 is 3.14 bits per heavy atom. The first-order chi connectivity index (χ1) is 10.2. The molecule has 7 heteroatoms. The van der Waals surface area contributed by atoms with Crippen LogP contribution in [0, 0.1) is 5.92 Å². The van der Waals surface area contributed by atoms with Crippen molar-refractivity contribution in [2.75, 3.05) is 12.4 Å². The number of hydrogen-bond donors (Lipinski definition) is 2. The van der Waals surface area contributed by atoms with Gasteiger partial charge in [-0.1, -0.05) is 6.42 Å². The molecule has 1 aliphatic rings. The van der Waals surface area contributed by atoms with E-state index >= 15 is 0 Å². The van der Waals surface area contributed by atoms with Crippen LogP contribution in [-0.2, 0) is 9.53 Å². The van der Waals surface area contributed by atoms with Crippen LogP contribution in [0.15, 0.2) is 12.3 Å². The third kappa shape index (κ3) is 2.95. The van der Waals surface area contributed by atoms with Gasteiger partial charge in [0.2, 0.25) is 5.28 Å². The largest absolute Gasteiger partial charge is 0.469 e. The van der Waals surface area contributed by atoms with Crippen LogP contribution >= 0.6 is 11.6 Å². The summed E-state index contributed by atoms with van der Waals surface area (Å²) in [5, 5.41) is 4.50. The maximum absolute atomic E-state index is 11.7. The fourth-order valence-corrected chi connectivity index (χ4v) is 3.09. The molecule has 2 atom stereocenters. The Hall–Kier alpha value is -1.82. The van der Waals surface area contributed by atoms with Crippen molar-refractivity contribution in [3.63, 3.8) is 0 Å². The first kappa shape index (κ1) is 14.1. The van der Waals surface area contributed by atoms with Gasteiger partial charge in [0.25, 0.3) is 0 Å². The smallest absolute Gasteiger partial charge is 0.308 e.